The third-order valence-corrected chi connectivity index (χ3v) is 6.27. The molecule has 228 valence electrons. The lowest BCUT2D eigenvalue weighted by Crippen LogP contribution is -2.29. The van der Waals surface area contributed by atoms with Gasteiger partial charge in [0, 0.05) is 28.4 Å². The summed E-state index contributed by atoms with van der Waals surface area (Å²) in [6.07, 6.45) is 1.95. The summed E-state index contributed by atoms with van der Waals surface area (Å²) in [5.41, 5.74) is 4.16. The van der Waals surface area contributed by atoms with Gasteiger partial charge in [-0.1, -0.05) is 53.0 Å². The van der Waals surface area contributed by atoms with E-state index in [0.717, 1.165) is 22.3 Å². The van der Waals surface area contributed by atoms with Crippen LogP contribution < -0.4 is 10.1 Å². The number of nitrogens with zero attached hydrogens (tertiary/aromatic N) is 2. The fraction of sp³-hybridized carbons (Fsp3) is 0.281. The van der Waals surface area contributed by atoms with Crippen molar-refractivity contribution in [2.45, 2.75) is 46.6 Å². The lowest BCUT2D eigenvalue weighted by Gasteiger charge is -2.19. The Kier molecular flexibility index (Phi) is 12.3. The molecule has 0 saturated heterocycles. The van der Waals surface area contributed by atoms with Crippen molar-refractivity contribution in [1.29, 1.82) is 0 Å². The van der Waals surface area contributed by atoms with Gasteiger partial charge in [0.2, 0.25) is 5.88 Å². The number of aromatic nitrogens is 2. The summed E-state index contributed by atoms with van der Waals surface area (Å²) in [6.45, 7) is 9.46. The van der Waals surface area contributed by atoms with Gasteiger partial charge in [-0.15, -0.1) is 28.3 Å². The normalized spacial score (nSPS) is 10.9. The predicted molar refractivity (Wildman–Crippen MR) is 174 cm³/mol. The van der Waals surface area contributed by atoms with E-state index in [9.17, 15) is 9.59 Å². The molecule has 0 aliphatic rings. The van der Waals surface area contributed by atoms with Crippen molar-refractivity contribution in [1.82, 2.24) is 15.1 Å². The SMILES string of the molecule is Cc1ccc(-c2cn(-c3cc(Cl)cc(Cl)c3)nc2Oc2ccc(C(=O)NCCC(=O)OC(C)(C)C)cc2C)cc1.ClCCl. The van der Waals surface area contributed by atoms with Gasteiger partial charge < -0.3 is 14.8 Å². The Morgan fingerprint density at radius 2 is 1.56 bits per heavy atom. The maximum absolute atomic E-state index is 12.7. The smallest absolute Gasteiger partial charge is 0.308 e. The molecule has 0 aliphatic carbocycles. The zero-order valence-electron chi connectivity index (χ0n) is 24.5. The topological polar surface area (TPSA) is 82.5 Å². The molecule has 3 aromatic carbocycles. The van der Waals surface area contributed by atoms with Crippen LogP contribution in [0.15, 0.2) is 66.9 Å². The van der Waals surface area contributed by atoms with Gasteiger partial charge in [-0.25, -0.2) is 4.68 Å². The number of alkyl halides is 2. The first-order chi connectivity index (χ1) is 20.3. The molecule has 0 unspecified atom stereocenters. The Labute approximate surface area is 272 Å². The summed E-state index contributed by atoms with van der Waals surface area (Å²) >= 11 is 22.0. The van der Waals surface area contributed by atoms with E-state index in [2.05, 4.69) is 5.32 Å². The highest BCUT2D eigenvalue weighted by Crippen LogP contribution is 2.35. The van der Waals surface area contributed by atoms with Gasteiger partial charge in [0.15, 0.2) is 0 Å². The lowest BCUT2D eigenvalue weighted by atomic mass is 10.1. The molecule has 7 nitrogen and oxygen atoms in total. The summed E-state index contributed by atoms with van der Waals surface area (Å²) in [5.74, 6) is 0.280. The van der Waals surface area contributed by atoms with Crippen LogP contribution in [0.25, 0.3) is 16.8 Å². The van der Waals surface area contributed by atoms with Crippen LogP contribution in [0.5, 0.6) is 11.6 Å². The summed E-state index contributed by atoms with van der Waals surface area (Å²) in [7, 11) is 0. The molecule has 0 radical (unpaired) electrons. The van der Waals surface area contributed by atoms with Crippen molar-refractivity contribution in [3.63, 3.8) is 0 Å². The Balaban J connectivity index is 0.00000162. The Morgan fingerprint density at radius 3 is 2.14 bits per heavy atom. The van der Waals surface area contributed by atoms with Crippen molar-refractivity contribution in [3.05, 3.63) is 93.6 Å². The molecule has 4 aromatic rings. The molecule has 1 heterocycles. The number of carbonyl (C=O) groups excluding carboxylic acids is 2. The van der Waals surface area contributed by atoms with Crippen molar-refractivity contribution in [2.75, 3.05) is 11.9 Å². The van der Waals surface area contributed by atoms with Crippen molar-refractivity contribution < 1.29 is 19.1 Å². The molecule has 1 amide bonds. The second-order valence-electron chi connectivity index (χ2n) is 10.6. The minimum Gasteiger partial charge on any atom is -0.460 e. The average Bonchev–Trinajstić information content (AvgIpc) is 3.33. The molecule has 43 heavy (non-hydrogen) atoms. The third-order valence-electron chi connectivity index (χ3n) is 5.83. The maximum atomic E-state index is 12.7. The number of esters is 1. The molecular formula is C32H33Cl4N3O4. The van der Waals surface area contributed by atoms with E-state index in [1.807, 2.05) is 44.3 Å². The molecule has 0 fully saturated rings. The summed E-state index contributed by atoms with van der Waals surface area (Å²) in [6, 6.07) is 18.4. The van der Waals surface area contributed by atoms with Crippen LogP contribution in [-0.4, -0.2) is 39.1 Å². The van der Waals surface area contributed by atoms with Gasteiger partial charge in [-0.2, -0.15) is 0 Å². The number of rotatable bonds is 8. The first-order valence-corrected chi connectivity index (χ1v) is 15.2. The predicted octanol–water partition coefficient (Wildman–Crippen LogP) is 9.14. The molecule has 0 spiro atoms. The van der Waals surface area contributed by atoms with Gasteiger partial charge in [0.05, 0.1) is 23.0 Å². The number of benzene rings is 3. The summed E-state index contributed by atoms with van der Waals surface area (Å²) < 4.78 is 13.2. The number of nitrogens with one attached hydrogen (secondary N) is 1. The monoisotopic (exact) mass is 663 g/mol. The molecule has 0 saturated carbocycles. The van der Waals surface area contributed by atoms with Crippen LogP contribution in [0.2, 0.25) is 10.0 Å². The zero-order valence-corrected chi connectivity index (χ0v) is 27.5. The van der Waals surface area contributed by atoms with Gasteiger partial charge in [0.1, 0.15) is 11.4 Å². The minimum absolute atomic E-state index is 0.0888. The second-order valence-corrected chi connectivity index (χ2v) is 12.2. The Bertz CT molecular complexity index is 1540. The highest BCUT2D eigenvalue weighted by atomic mass is 35.5. The number of ether oxygens (including phenoxy) is 2. The van der Waals surface area contributed by atoms with E-state index >= 15 is 0 Å². The summed E-state index contributed by atoms with van der Waals surface area (Å²) in [5, 5.41) is 8.63. The van der Waals surface area contributed by atoms with Crippen LogP contribution in [-0.2, 0) is 9.53 Å². The van der Waals surface area contributed by atoms with E-state index in [1.165, 1.54) is 0 Å². The third kappa shape index (κ3) is 10.5. The molecule has 11 heteroatoms. The van der Waals surface area contributed by atoms with Gasteiger partial charge in [0.25, 0.3) is 5.91 Å². The van der Waals surface area contributed by atoms with Gasteiger partial charge in [-0.05, 0) is 82.1 Å². The van der Waals surface area contributed by atoms with E-state index < -0.39 is 5.60 Å². The second kappa shape index (κ2) is 15.5. The van der Waals surface area contributed by atoms with E-state index in [-0.39, 0.29) is 30.2 Å². The highest BCUT2D eigenvalue weighted by molar-refractivity contribution is 6.40. The first kappa shape index (κ1) is 34.3. The highest BCUT2D eigenvalue weighted by Gasteiger charge is 2.18. The van der Waals surface area contributed by atoms with E-state index in [0.29, 0.717) is 32.9 Å². The lowest BCUT2D eigenvalue weighted by molar-refractivity contribution is -0.154. The summed E-state index contributed by atoms with van der Waals surface area (Å²) in [4.78, 5) is 24.6. The largest absolute Gasteiger partial charge is 0.460 e. The molecule has 0 aliphatic heterocycles. The number of hydrogen-bond donors (Lipinski definition) is 1. The number of hydrogen-bond acceptors (Lipinski definition) is 5. The van der Waals surface area contributed by atoms with Crippen LogP contribution in [0.3, 0.4) is 0 Å². The first-order valence-electron chi connectivity index (χ1n) is 13.3. The van der Waals surface area contributed by atoms with Gasteiger partial charge in [-0.3, -0.25) is 9.59 Å². The number of halogens is 4. The Hall–Kier alpha value is -3.23. The molecule has 1 N–H and O–H groups in total. The molecular weight excluding hydrogens is 632 g/mol. The number of amides is 1. The van der Waals surface area contributed by atoms with Crippen molar-refractivity contribution >= 4 is 58.3 Å². The number of carbonyl (C=O) groups is 2. The maximum Gasteiger partial charge on any atom is 0.308 e. The van der Waals surface area contributed by atoms with Crippen LogP contribution >= 0.6 is 46.4 Å². The fourth-order valence-corrected chi connectivity index (χ4v) is 4.46. The quantitative estimate of drug-likeness (QED) is 0.150. The fourth-order valence-electron chi connectivity index (χ4n) is 3.95. The molecule has 4 rings (SSSR count). The van der Waals surface area contributed by atoms with E-state index in [4.69, 9.17) is 61.0 Å². The van der Waals surface area contributed by atoms with Crippen molar-refractivity contribution in [3.8, 4) is 28.4 Å². The number of aryl methyl sites for hydroxylation is 2. The van der Waals surface area contributed by atoms with Gasteiger partial charge >= 0.3 is 5.97 Å². The Morgan fingerprint density at radius 1 is 0.930 bits per heavy atom. The van der Waals surface area contributed by atoms with Crippen LogP contribution in [0.1, 0.15) is 48.7 Å². The minimum atomic E-state index is -0.565. The molecule has 0 atom stereocenters. The average molecular weight is 665 g/mol. The van der Waals surface area contributed by atoms with Crippen molar-refractivity contribution in [2.24, 2.45) is 0 Å². The van der Waals surface area contributed by atoms with Crippen LogP contribution in [0, 0.1) is 13.8 Å². The zero-order chi connectivity index (χ0) is 31.7. The van der Waals surface area contributed by atoms with Crippen LogP contribution in [0.4, 0.5) is 0 Å². The standard InChI is InChI=1S/C31H31Cl2N3O4.CH2Cl2/c1-19-6-8-21(9-7-19)26-18-36(25-16-23(32)15-24(33)17-25)35-30(26)39-27-11-10-22(14-20(27)2)29(38)34-13-12-28(37)40-31(3,4)5;2-1-3/h6-11,14-18H,12-13H2,1-5H3,(H,34,38);1H2. The van der Waals surface area contributed by atoms with E-state index in [1.54, 1.807) is 61.9 Å². The molecule has 1 aromatic heterocycles. The molecule has 0 bridgehead atoms.